The number of nitrogens with two attached hydrogens (primary N) is 1. The third kappa shape index (κ3) is 1.74. The highest BCUT2D eigenvalue weighted by Gasteiger charge is 2.43. The van der Waals surface area contributed by atoms with Gasteiger partial charge in [0.15, 0.2) is 0 Å². The Balaban J connectivity index is 1.97. The summed E-state index contributed by atoms with van der Waals surface area (Å²) >= 11 is 0. The fourth-order valence-corrected chi connectivity index (χ4v) is 2.74. The average Bonchev–Trinajstić information content (AvgIpc) is 3.05. The molecule has 0 bridgehead atoms. The van der Waals surface area contributed by atoms with E-state index in [1.165, 1.54) is 0 Å². The highest BCUT2D eigenvalue weighted by Crippen LogP contribution is 2.39. The van der Waals surface area contributed by atoms with Gasteiger partial charge in [0.05, 0.1) is 24.3 Å². The van der Waals surface area contributed by atoms with Gasteiger partial charge in [-0.25, -0.2) is 4.98 Å². The quantitative estimate of drug-likeness (QED) is 0.813. The molecule has 1 saturated carbocycles. The summed E-state index contributed by atoms with van der Waals surface area (Å²) in [5, 5.41) is 0. The van der Waals surface area contributed by atoms with Crippen molar-refractivity contribution < 1.29 is 4.79 Å². The van der Waals surface area contributed by atoms with E-state index in [-0.39, 0.29) is 18.0 Å². The fourth-order valence-electron chi connectivity index (χ4n) is 2.74. The van der Waals surface area contributed by atoms with Gasteiger partial charge in [-0.05, 0) is 19.3 Å². The maximum Gasteiger partial charge on any atom is 0.223 e. The van der Waals surface area contributed by atoms with Gasteiger partial charge in [0.1, 0.15) is 0 Å². The van der Waals surface area contributed by atoms with Gasteiger partial charge in [0, 0.05) is 25.6 Å². The number of hydrogen-bond acceptors (Lipinski definition) is 3. The van der Waals surface area contributed by atoms with E-state index in [4.69, 9.17) is 5.73 Å². The van der Waals surface area contributed by atoms with Gasteiger partial charge in [0.25, 0.3) is 0 Å². The highest BCUT2D eigenvalue weighted by molar-refractivity contribution is 5.78. The Kier molecular flexibility index (Phi) is 2.43. The summed E-state index contributed by atoms with van der Waals surface area (Å²) in [6, 6.07) is 0.452. The molecule has 17 heavy (non-hydrogen) atoms. The molecule has 5 nitrogen and oxygen atoms in total. The van der Waals surface area contributed by atoms with Crippen LogP contribution in [0.2, 0.25) is 0 Å². The first-order chi connectivity index (χ1) is 8.18. The molecular weight excluding hydrogens is 216 g/mol. The van der Waals surface area contributed by atoms with Gasteiger partial charge in [-0.15, -0.1) is 0 Å². The zero-order valence-corrected chi connectivity index (χ0v) is 10.0. The number of likely N-dealkylation sites (tertiary alicyclic amines) is 1. The zero-order chi connectivity index (χ0) is 12.0. The Morgan fingerprint density at radius 2 is 2.18 bits per heavy atom. The van der Waals surface area contributed by atoms with Crippen LogP contribution in [0.1, 0.15) is 37.4 Å². The zero-order valence-electron chi connectivity index (χ0n) is 10.0. The van der Waals surface area contributed by atoms with Crippen molar-refractivity contribution >= 4 is 5.91 Å². The summed E-state index contributed by atoms with van der Waals surface area (Å²) in [4.78, 5) is 18.2. The minimum atomic E-state index is 0.0104. The molecule has 2 fully saturated rings. The van der Waals surface area contributed by atoms with E-state index in [2.05, 4.69) is 4.98 Å². The van der Waals surface area contributed by atoms with Crippen LogP contribution >= 0.6 is 0 Å². The molecule has 1 aliphatic carbocycles. The molecule has 1 aliphatic heterocycles. The van der Waals surface area contributed by atoms with Crippen molar-refractivity contribution in [3.63, 3.8) is 0 Å². The van der Waals surface area contributed by atoms with Crippen molar-refractivity contribution in [1.29, 1.82) is 0 Å². The van der Waals surface area contributed by atoms with E-state index < -0.39 is 0 Å². The Labute approximate surface area is 101 Å². The van der Waals surface area contributed by atoms with Crippen molar-refractivity contribution in [2.45, 2.75) is 43.8 Å². The predicted molar refractivity (Wildman–Crippen MR) is 63.0 cm³/mol. The second-order valence-electron chi connectivity index (χ2n) is 5.11. The number of carbonyl (C=O) groups is 1. The van der Waals surface area contributed by atoms with Crippen molar-refractivity contribution in [2.75, 3.05) is 0 Å². The first kappa shape index (κ1) is 10.8. The molecule has 0 unspecified atom stereocenters. The smallest absolute Gasteiger partial charge is 0.223 e. The second kappa shape index (κ2) is 3.84. The Bertz CT molecular complexity index is 437. The summed E-state index contributed by atoms with van der Waals surface area (Å²) in [6.07, 6.45) is 7.20. The fraction of sp³-hybridized carbons (Fsp3) is 0.667. The number of aryl methyl sites for hydroxylation is 1. The summed E-state index contributed by atoms with van der Waals surface area (Å²) in [5.41, 5.74) is 7.28. The van der Waals surface area contributed by atoms with Crippen molar-refractivity contribution in [2.24, 2.45) is 12.8 Å². The van der Waals surface area contributed by atoms with Crippen molar-refractivity contribution in [3.05, 3.63) is 18.2 Å². The lowest BCUT2D eigenvalue weighted by Crippen LogP contribution is -2.50. The van der Waals surface area contributed by atoms with E-state index in [1.807, 2.05) is 22.7 Å². The van der Waals surface area contributed by atoms with Crippen molar-refractivity contribution in [1.82, 2.24) is 14.5 Å². The van der Waals surface area contributed by atoms with Crippen LogP contribution < -0.4 is 5.73 Å². The number of carbonyl (C=O) groups excluding carboxylic acids is 1. The molecule has 92 valence electrons. The highest BCUT2D eigenvalue weighted by atomic mass is 16.2. The van der Waals surface area contributed by atoms with E-state index in [0.717, 1.165) is 25.0 Å². The first-order valence-corrected chi connectivity index (χ1v) is 6.21. The largest absolute Gasteiger partial charge is 0.336 e. The van der Waals surface area contributed by atoms with Crippen LogP contribution in [-0.2, 0) is 11.8 Å². The number of rotatable bonds is 2. The lowest BCUT2D eigenvalue weighted by atomic mass is 9.93. The molecule has 1 aromatic rings. The van der Waals surface area contributed by atoms with Gasteiger partial charge in [-0.1, -0.05) is 0 Å². The summed E-state index contributed by atoms with van der Waals surface area (Å²) in [7, 11) is 1.96. The number of hydrogen-bond donors (Lipinski definition) is 1. The Hall–Kier alpha value is -1.36. The van der Waals surface area contributed by atoms with Crippen LogP contribution in [0, 0.1) is 0 Å². The lowest BCUT2D eigenvalue weighted by Gasteiger charge is -2.40. The van der Waals surface area contributed by atoms with Crippen LogP contribution in [-0.4, -0.2) is 32.4 Å². The van der Waals surface area contributed by atoms with Gasteiger partial charge < -0.3 is 15.2 Å². The van der Waals surface area contributed by atoms with Crippen LogP contribution in [0.5, 0.6) is 0 Å². The molecule has 1 saturated heterocycles. The minimum absolute atomic E-state index is 0.0104. The van der Waals surface area contributed by atoms with Crippen LogP contribution in [0.15, 0.2) is 12.5 Å². The third-order valence-corrected chi connectivity index (χ3v) is 3.78. The molecule has 1 aromatic heterocycles. The summed E-state index contributed by atoms with van der Waals surface area (Å²) in [5.74, 6) is 0.250. The maximum atomic E-state index is 12.1. The number of aromatic nitrogens is 2. The van der Waals surface area contributed by atoms with E-state index in [9.17, 15) is 4.79 Å². The molecule has 2 aliphatic rings. The number of piperidine rings is 1. The standard InChI is InChI=1S/C12H18N4O/c1-15-7-14-6-10(15)12-9(13)4-5-11(17)16(12)8-2-3-8/h6-9,12H,2-5,13H2,1H3/t9-,12-/m0/s1. The molecule has 2 N–H and O–H groups in total. The molecule has 3 rings (SSSR count). The van der Waals surface area contributed by atoms with Gasteiger partial charge in [-0.2, -0.15) is 0 Å². The number of amides is 1. The predicted octanol–water partition coefficient (Wildman–Crippen LogP) is 0.573. The lowest BCUT2D eigenvalue weighted by molar-refractivity contribution is -0.138. The molecule has 0 radical (unpaired) electrons. The average molecular weight is 234 g/mol. The molecular formula is C12H18N4O. The topological polar surface area (TPSA) is 64.2 Å². The Morgan fingerprint density at radius 1 is 1.41 bits per heavy atom. The third-order valence-electron chi connectivity index (χ3n) is 3.78. The molecule has 0 aromatic carbocycles. The summed E-state index contributed by atoms with van der Waals surface area (Å²) in [6.45, 7) is 0. The Morgan fingerprint density at radius 3 is 2.76 bits per heavy atom. The van der Waals surface area contributed by atoms with E-state index in [1.54, 1.807) is 6.33 Å². The van der Waals surface area contributed by atoms with Gasteiger partial charge in [0.2, 0.25) is 5.91 Å². The first-order valence-electron chi connectivity index (χ1n) is 6.21. The summed E-state index contributed by atoms with van der Waals surface area (Å²) < 4.78 is 1.97. The van der Waals surface area contributed by atoms with Crippen LogP contribution in [0.25, 0.3) is 0 Å². The molecule has 5 heteroatoms. The van der Waals surface area contributed by atoms with Crippen LogP contribution in [0.4, 0.5) is 0 Å². The molecule has 2 atom stereocenters. The molecule has 0 spiro atoms. The molecule has 2 heterocycles. The second-order valence-corrected chi connectivity index (χ2v) is 5.11. The monoisotopic (exact) mass is 234 g/mol. The van der Waals surface area contributed by atoms with Gasteiger partial charge in [-0.3, -0.25) is 4.79 Å². The normalized spacial score (nSPS) is 29.8. The van der Waals surface area contributed by atoms with Crippen molar-refractivity contribution in [3.8, 4) is 0 Å². The molecule has 1 amide bonds. The van der Waals surface area contributed by atoms with Gasteiger partial charge >= 0.3 is 0 Å². The number of nitrogens with zero attached hydrogens (tertiary/aromatic N) is 3. The minimum Gasteiger partial charge on any atom is -0.336 e. The SMILES string of the molecule is Cn1cncc1[C@@H]1[C@@H](N)CCC(=O)N1C1CC1. The number of imidazole rings is 1. The van der Waals surface area contributed by atoms with E-state index >= 15 is 0 Å². The van der Waals surface area contributed by atoms with Crippen LogP contribution in [0.3, 0.4) is 0 Å². The maximum absolute atomic E-state index is 12.1. The van der Waals surface area contributed by atoms with E-state index in [0.29, 0.717) is 12.5 Å².